The Balaban J connectivity index is 1.61. The summed E-state index contributed by atoms with van der Waals surface area (Å²) in [6.45, 7) is 3.16. The van der Waals surface area contributed by atoms with E-state index in [-0.39, 0.29) is 5.91 Å². The van der Waals surface area contributed by atoms with E-state index in [2.05, 4.69) is 15.6 Å². The Labute approximate surface area is 175 Å². The van der Waals surface area contributed by atoms with Gasteiger partial charge in [-0.3, -0.25) is 9.78 Å². The van der Waals surface area contributed by atoms with Crippen molar-refractivity contribution in [3.05, 3.63) is 70.4 Å². The smallest absolute Gasteiger partial charge is 0.259 e. The summed E-state index contributed by atoms with van der Waals surface area (Å²) >= 11 is 1.72. The number of hydrogen-bond donors (Lipinski definition) is 2. The van der Waals surface area contributed by atoms with Crippen molar-refractivity contribution < 1.29 is 9.53 Å². The molecular weight excluding hydrogens is 382 g/mol. The molecule has 0 bridgehead atoms. The van der Waals surface area contributed by atoms with E-state index in [1.54, 1.807) is 23.7 Å². The Morgan fingerprint density at radius 2 is 1.93 bits per heavy atom. The first-order valence-corrected chi connectivity index (χ1v) is 10.9. The van der Waals surface area contributed by atoms with Gasteiger partial charge in [-0.15, -0.1) is 11.3 Å². The lowest BCUT2D eigenvalue weighted by Gasteiger charge is -2.15. The number of amides is 1. The van der Waals surface area contributed by atoms with Gasteiger partial charge in [0.1, 0.15) is 10.8 Å². The number of carbonyl (C=O) groups is 1. The Morgan fingerprint density at radius 3 is 2.76 bits per heavy atom. The van der Waals surface area contributed by atoms with Crippen LogP contribution >= 0.6 is 11.3 Å². The lowest BCUT2D eigenvalue weighted by atomic mass is 9.95. The van der Waals surface area contributed by atoms with Crippen molar-refractivity contribution in [1.29, 1.82) is 0 Å². The van der Waals surface area contributed by atoms with Gasteiger partial charge in [0, 0.05) is 23.8 Å². The molecule has 1 aliphatic carbocycles. The Kier molecular flexibility index (Phi) is 6.10. The monoisotopic (exact) mass is 407 g/mol. The number of fused-ring (bicyclic) bond motifs is 1. The summed E-state index contributed by atoms with van der Waals surface area (Å²) in [5.74, 6) is 0.618. The maximum atomic E-state index is 13.3. The molecule has 1 aromatic carbocycles. The number of nitrogens with one attached hydrogen (secondary N) is 2. The first kappa shape index (κ1) is 19.5. The minimum atomic E-state index is -0.0752. The molecule has 0 spiro atoms. The third-order valence-corrected chi connectivity index (χ3v) is 6.29. The molecule has 5 nitrogen and oxygen atoms in total. The zero-order chi connectivity index (χ0) is 20.1. The van der Waals surface area contributed by atoms with Crippen LogP contribution in [0.15, 0.2) is 48.8 Å². The maximum absolute atomic E-state index is 13.3. The Hall–Kier alpha value is -2.86. The fraction of sp³-hybridized carbons (Fsp3) is 0.304. The van der Waals surface area contributed by atoms with Gasteiger partial charge >= 0.3 is 0 Å². The van der Waals surface area contributed by atoms with E-state index in [0.717, 1.165) is 35.4 Å². The van der Waals surface area contributed by atoms with Crippen molar-refractivity contribution >= 4 is 27.9 Å². The second-order valence-corrected chi connectivity index (χ2v) is 8.11. The van der Waals surface area contributed by atoms with Crippen LogP contribution in [-0.2, 0) is 19.4 Å². The number of aryl methyl sites for hydroxylation is 1. The van der Waals surface area contributed by atoms with Gasteiger partial charge < -0.3 is 15.4 Å². The van der Waals surface area contributed by atoms with Gasteiger partial charge in [0.2, 0.25) is 0 Å². The van der Waals surface area contributed by atoms with Crippen LogP contribution in [0.2, 0.25) is 0 Å². The number of benzene rings is 1. The number of thiophene rings is 1. The molecule has 3 aromatic rings. The van der Waals surface area contributed by atoms with E-state index in [0.29, 0.717) is 24.6 Å². The van der Waals surface area contributed by atoms with Gasteiger partial charge in [0.05, 0.1) is 17.9 Å². The molecule has 2 aromatic heterocycles. The van der Waals surface area contributed by atoms with Crippen LogP contribution in [0.1, 0.15) is 46.1 Å². The molecule has 0 radical (unpaired) electrons. The molecule has 2 N–H and O–H groups in total. The van der Waals surface area contributed by atoms with E-state index >= 15 is 0 Å². The lowest BCUT2D eigenvalue weighted by Crippen LogP contribution is -2.17. The molecule has 4 rings (SSSR count). The largest absolute Gasteiger partial charge is 0.492 e. The molecule has 0 fully saturated rings. The van der Waals surface area contributed by atoms with Gasteiger partial charge in [0.25, 0.3) is 5.91 Å². The fourth-order valence-corrected chi connectivity index (χ4v) is 4.93. The molecule has 29 heavy (non-hydrogen) atoms. The molecular formula is C23H25N3O2S. The highest BCUT2D eigenvalue weighted by Gasteiger charge is 2.26. The molecule has 2 heterocycles. The number of pyridine rings is 1. The van der Waals surface area contributed by atoms with Crippen molar-refractivity contribution in [3.63, 3.8) is 0 Å². The van der Waals surface area contributed by atoms with Crippen LogP contribution in [0.25, 0.3) is 0 Å². The molecule has 0 aliphatic heterocycles. The van der Waals surface area contributed by atoms with Crippen LogP contribution in [-0.4, -0.2) is 17.5 Å². The predicted molar refractivity (Wildman–Crippen MR) is 118 cm³/mol. The fourth-order valence-electron chi connectivity index (χ4n) is 3.65. The summed E-state index contributed by atoms with van der Waals surface area (Å²) in [7, 11) is 0. The summed E-state index contributed by atoms with van der Waals surface area (Å²) in [5.41, 5.74) is 3.82. The molecule has 0 saturated carbocycles. The Morgan fingerprint density at radius 1 is 1.14 bits per heavy atom. The maximum Gasteiger partial charge on any atom is 0.259 e. The molecule has 1 aliphatic rings. The average Bonchev–Trinajstić information content (AvgIpc) is 3.13. The predicted octanol–water partition coefficient (Wildman–Crippen LogP) is 5.29. The first-order valence-electron chi connectivity index (χ1n) is 10.1. The zero-order valence-corrected chi connectivity index (χ0v) is 17.3. The number of nitrogens with zero attached hydrogens (tertiary/aromatic N) is 1. The number of hydrogen-bond acceptors (Lipinski definition) is 5. The quantitative estimate of drug-likeness (QED) is 0.559. The Bertz CT molecular complexity index is 985. The highest BCUT2D eigenvalue weighted by molar-refractivity contribution is 7.16. The summed E-state index contributed by atoms with van der Waals surface area (Å²) in [4.78, 5) is 18.7. The van der Waals surface area contributed by atoms with E-state index < -0.39 is 0 Å². The van der Waals surface area contributed by atoms with Crippen LogP contribution in [0.3, 0.4) is 0 Å². The number of rotatable bonds is 7. The molecule has 1 amide bonds. The van der Waals surface area contributed by atoms with Crippen molar-refractivity contribution in [2.24, 2.45) is 0 Å². The lowest BCUT2D eigenvalue weighted by molar-refractivity contribution is 0.102. The molecule has 0 saturated heterocycles. The zero-order valence-electron chi connectivity index (χ0n) is 16.5. The van der Waals surface area contributed by atoms with Crippen LogP contribution in [0.4, 0.5) is 10.7 Å². The number of ether oxygens (including phenoxy) is 1. The molecule has 0 atom stereocenters. The second kappa shape index (κ2) is 9.09. The van der Waals surface area contributed by atoms with Crippen LogP contribution < -0.4 is 15.4 Å². The van der Waals surface area contributed by atoms with E-state index in [4.69, 9.17) is 4.74 Å². The summed E-state index contributed by atoms with van der Waals surface area (Å²) in [6.07, 6.45) is 7.89. The van der Waals surface area contributed by atoms with Crippen LogP contribution in [0, 0.1) is 0 Å². The normalized spacial score (nSPS) is 12.9. The summed E-state index contributed by atoms with van der Waals surface area (Å²) < 4.78 is 5.67. The standard InChI is InChI=1S/C23H25N3O2S/c1-2-28-19-9-5-4-8-18(19)26-22(27)21-17-7-3-6-10-20(17)29-23(21)25-15-16-11-13-24-14-12-16/h4-5,8-9,11-14,25H,2-3,6-7,10,15H2,1H3,(H,26,27). The minimum Gasteiger partial charge on any atom is -0.492 e. The van der Waals surface area contributed by atoms with Gasteiger partial charge in [-0.2, -0.15) is 0 Å². The highest BCUT2D eigenvalue weighted by Crippen LogP contribution is 2.39. The van der Waals surface area contributed by atoms with Gasteiger partial charge in [-0.1, -0.05) is 12.1 Å². The van der Waals surface area contributed by atoms with Crippen molar-refractivity contribution in [3.8, 4) is 5.75 Å². The number of carbonyl (C=O) groups excluding carboxylic acids is 1. The van der Waals surface area contributed by atoms with Crippen molar-refractivity contribution in [2.75, 3.05) is 17.2 Å². The second-order valence-electron chi connectivity index (χ2n) is 7.01. The first-order chi connectivity index (χ1) is 14.3. The number of aromatic nitrogens is 1. The minimum absolute atomic E-state index is 0.0752. The summed E-state index contributed by atoms with van der Waals surface area (Å²) in [6, 6.07) is 11.5. The number of anilines is 2. The molecule has 0 unspecified atom stereocenters. The topological polar surface area (TPSA) is 63.2 Å². The SMILES string of the molecule is CCOc1ccccc1NC(=O)c1c(NCc2ccncc2)sc2c1CCCC2. The van der Waals surface area contributed by atoms with Gasteiger partial charge in [-0.05, 0) is 68.0 Å². The van der Waals surface area contributed by atoms with Crippen molar-refractivity contribution in [1.82, 2.24) is 4.98 Å². The average molecular weight is 408 g/mol. The number of para-hydroxylation sites is 2. The van der Waals surface area contributed by atoms with Crippen LogP contribution in [0.5, 0.6) is 5.75 Å². The van der Waals surface area contributed by atoms with Gasteiger partial charge in [0.15, 0.2) is 0 Å². The van der Waals surface area contributed by atoms with E-state index in [1.807, 2.05) is 43.3 Å². The van der Waals surface area contributed by atoms with Crippen molar-refractivity contribution in [2.45, 2.75) is 39.2 Å². The van der Waals surface area contributed by atoms with E-state index in [9.17, 15) is 4.79 Å². The van der Waals surface area contributed by atoms with E-state index in [1.165, 1.54) is 16.9 Å². The third kappa shape index (κ3) is 4.43. The summed E-state index contributed by atoms with van der Waals surface area (Å²) in [5, 5.41) is 7.52. The molecule has 150 valence electrons. The third-order valence-electron chi connectivity index (χ3n) is 5.04. The van der Waals surface area contributed by atoms with Gasteiger partial charge in [-0.25, -0.2) is 0 Å². The molecule has 6 heteroatoms. The highest BCUT2D eigenvalue weighted by atomic mass is 32.1.